The van der Waals surface area contributed by atoms with Crippen molar-refractivity contribution in [3.63, 3.8) is 0 Å². The number of ketones is 1. The van der Waals surface area contributed by atoms with Gasteiger partial charge in [0, 0.05) is 27.2 Å². The number of halogens is 2. The lowest BCUT2D eigenvalue weighted by Gasteiger charge is -2.06. The zero-order valence-electron chi connectivity index (χ0n) is 10.7. The van der Waals surface area contributed by atoms with Crippen molar-refractivity contribution in [2.75, 3.05) is 0 Å². The van der Waals surface area contributed by atoms with Gasteiger partial charge in [-0.05, 0) is 24.6 Å². The van der Waals surface area contributed by atoms with Gasteiger partial charge in [0.05, 0.1) is 10.5 Å². The Morgan fingerprint density at radius 1 is 1.15 bits per heavy atom. The summed E-state index contributed by atoms with van der Waals surface area (Å²) in [7, 11) is 0. The average molecular weight is 349 g/mol. The molecular weight excluding hydrogens is 338 g/mol. The number of para-hydroxylation sites is 1. The number of carbonyl (C=O) groups excluding carboxylic acids is 1. The molecule has 0 bridgehead atoms. The van der Waals surface area contributed by atoms with Crippen molar-refractivity contribution in [2.45, 2.75) is 6.92 Å². The highest BCUT2D eigenvalue weighted by atomic mass is 79.9. The van der Waals surface area contributed by atoms with Crippen LogP contribution in [-0.4, -0.2) is 10.8 Å². The summed E-state index contributed by atoms with van der Waals surface area (Å²) < 4.78 is 0.932. The second kappa shape index (κ2) is 5.08. The van der Waals surface area contributed by atoms with E-state index in [-0.39, 0.29) is 5.78 Å². The number of nitrogens with one attached hydrogen (secondary N) is 1. The fourth-order valence-corrected chi connectivity index (χ4v) is 2.90. The number of benzene rings is 2. The van der Waals surface area contributed by atoms with Gasteiger partial charge in [0.1, 0.15) is 0 Å². The van der Waals surface area contributed by atoms with Crippen molar-refractivity contribution in [1.82, 2.24) is 4.98 Å². The smallest absolute Gasteiger partial charge is 0.195 e. The van der Waals surface area contributed by atoms with Gasteiger partial charge in [-0.15, -0.1) is 0 Å². The highest BCUT2D eigenvalue weighted by Gasteiger charge is 2.17. The number of hydrogen-bond acceptors (Lipinski definition) is 1. The molecule has 2 nitrogen and oxygen atoms in total. The minimum absolute atomic E-state index is 0.00248. The van der Waals surface area contributed by atoms with Gasteiger partial charge in [-0.25, -0.2) is 0 Å². The maximum atomic E-state index is 12.7. The molecule has 0 radical (unpaired) electrons. The van der Waals surface area contributed by atoms with Crippen LogP contribution in [0.5, 0.6) is 0 Å². The first-order chi connectivity index (χ1) is 9.59. The number of aromatic nitrogens is 1. The molecule has 0 aliphatic rings. The van der Waals surface area contributed by atoms with Gasteiger partial charge < -0.3 is 4.98 Å². The SMILES string of the molecule is Cc1c(Br)cccc1C(=O)c1c[nH]c2c(Cl)cccc12. The first-order valence-electron chi connectivity index (χ1n) is 6.15. The van der Waals surface area contributed by atoms with Gasteiger partial charge in [0.15, 0.2) is 5.78 Å². The van der Waals surface area contributed by atoms with Gasteiger partial charge in [0.25, 0.3) is 0 Å². The second-order valence-corrected chi connectivity index (χ2v) is 5.87. The van der Waals surface area contributed by atoms with Crippen molar-refractivity contribution in [3.8, 4) is 0 Å². The topological polar surface area (TPSA) is 32.9 Å². The number of carbonyl (C=O) groups is 1. The van der Waals surface area contributed by atoms with Crippen molar-refractivity contribution in [2.24, 2.45) is 0 Å². The minimum atomic E-state index is -0.00248. The van der Waals surface area contributed by atoms with Crippen LogP contribution in [0.2, 0.25) is 5.02 Å². The molecule has 100 valence electrons. The van der Waals surface area contributed by atoms with Crippen LogP contribution < -0.4 is 0 Å². The lowest BCUT2D eigenvalue weighted by molar-refractivity contribution is 0.103. The Bertz CT molecular complexity index is 822. The third-order valence-electron chi connectivity index (χ3n) is 3.42. The summed E-state index contributed by atoms with van der Waals surface area (Å²) in [5.74, 6) is -0.00248. The molecule has 3 aromatic rings. The third-order valence-corrected chi connectivity index (χ3v) is 4.60. The Kier molecular flexibility index (Phi) is 3.40. The highest BCUT2D eigenvalue weighted by Crippen LogP contribution is 2.28. The Morgan fingerprint density at radius 3 is 2.70 bits per heavy atom. The first kappa shape index (κ1) is 13.4. The van der Waals surface area contributed by atoms with E-state index in [1.807, 2.05) is 37.3 Å². The molecule has 0 unspecified atom stereocenters. The fraction of sp³-hybridized carbons (Fsp3) is 0.0625. The standard InChI is InChI=1S/C16H11BrClNO/c1-9-10(4-2-6-13(9)17)16(20)12-8-19-15-11(12)5-3-7-14(15)18/h2-8,19H,1H3. The van der Waals surface area contributed by atoms with Crippen LogP contribution in [-0.2, 0) is 0 Å². The summed E-state index contributed by atoms with van der Waals surface area (Å²) in [6.07, 6.45) is 1.72. The number of hydrogen-bond donors (Lipinski definition) is 1. The van der Waals surface area contributed by atoms with Gasteiger partial charge >= 0.3 is 0 Å². The van der Waals surface area contributed by atoms with Gasteiger partial charge in [-0.3, -0.25) is 4.79 Å². The van der Waals surface area contributed by atoms with Crippen molar-refractivity contribution in [1.29, 1.82) is 0 Å². The Morgan fingerprint density at radius 2 is 1.90 bits per heavy atom. The molecule has 2 aromatic carbocycles. The van der Waals surface area contributed by atoms with E-state index in [4.69, 9.17) is 11.6 Å². The van der Waals surface area contributed by atoms with E-state index >= 15 is 0 Å². The van der Waals surface area contributed by atoms with Crippen LogP contribution in [0.25, 0.3) is 10.9 Å². The molecule has 0 fully saturated rings. The summed E-state index contributed by atoms with van der Waals surface area (Å²) in [6, 6.07) is 11.2. The summed E-state index contributed by atoms with van der Waals surface area (Å²) in [5.41, 5.74) is 3.07. The first-order valence-corrected chi connectivity index (χ1v) is 7.32. The van der Waals surface area contributed by atoms with E-state index in [2.05, 4.69) is 20.9 Å². The molecule has 0 aliphatic carbocycles. The molecule has 0 atom stereocenters. The molecule has 4 heteroatoms. The van der Waals surface area contributed by atoms with Crippen LogP contribution in [0.3, 0.4) is 0 Å². The minimum Gasteiger partial charge on any atom is -0.359 e. The van der Waals surface area contributed by atoms with Gasteiger partial charge in [-0.1, -0.05) is 51.8 Å². The molecule has 0 aliphatic heterocycles. The van der Waals surface area contributed by atoms with E-state index in [0.29, 0.717) is 16.1 Å². The Hall–Kier alpha value is -1.58. The number of H-pyrrole nitrogens is 1. The third kappa shape index (κ3) is 2.07. The summed E-state index contributed by atoms with van der Waals surface area (Å²) in [4.78, 5) is 15.8. The van der Waals surface area contributed by atoms with Crippen LogP contribution in [0.1, 0.15) is 21.5 Å². The quantitative estimate of drug-likeness (QED) is 0.640. The van der Waals surface area contributed by atoms with Crippen molar-refractivity contribution < 1.29 is 4.79 Å². The predicted octanol–water partition coefficient (Wildman–Crippen LogP) is 5.12. The molecule has 1 aromatic heterocycles. The van der Waals surface area contributed by atoms with Gasteiger partial charge in [-0.2, -0.15) is 0 Å². The number of fused-ring (bicyclic) bond motifs is 1. The largest absolute Gasteiger partial charge is 0.359 e. The maximum absolute atomic E-state index is 12.7. The Labute approximate surface area is 129 Å². The highest BCUT2D eigenvalue weighted by molar-refractivity contribution is 9.10. The molecule has 0 amide bonds. The summed E-state index contributed by atoms with van der Waals surface area (Å²) in [5, 5.41) is 1.47. The van der Waals surface area contributed by atoms with E-state index in [1.165, 1.54) is 0 Å². The lowest BCUT2D eigenvalue weighted by atomic mass is 9.99. The van der Waals surface area contributed by atoms with E-state index in [0.717, 1.165) is 20.9 Å². The van der Waals surface area contributed by atoms with Crippen LogP contribution in [0.4, 0.5) is 0 Å². The zero-order chi connectivity index (χ0) is 14.3. The van der Waals surface area contributed by atoms with E-state index in [1.54, 1.807) is 12.3 Å². The van der Waals surface area contributed by atoms with Crippen molar-refractivity contribution >= 4 is 44.2 Å². The zero-order valence-corrected chi connectivity index (χ0v) is 13.0. The average Bonchev–Trinajstić information content (AvgIpc) is 2.86. The maximum Gasteiger partial charge on any atom is 0.195 e. The molecule has 0 saturated carbocycles. The molecule has 1 heterocycles. The fourth-order valence-electron chi connectivity index (χ4n) is 2.30. The Balaban J connectivity index is 2.18. The van der Waals surface area contributed by atoms with Crippen LogP contribution in [0.15, 0.2) is 47.1 Å². The molecule has 0 spiro atoms. The summed E-state index contributed by atoms with van der Waals surface area (Å²) in [6.45, 7) is 1.93. The van der Waals surface area contributed by atoms with Crippen molar-refractivity contribution in [3.05, 3.63) is 68.8 Å². The summed E-state index contributed by atoms with van der Waals surface area (Å²) >= 11 is 9.59. The van der Waals surface area contributed by atoms with E-state index < -0.39 is 0 Å². The molecule has 0 saturated heterocycles. The molecule has 3 rings (SSSR count). The normalized spacial score (nSPS) is 10.9. The molecule has 1 N–H and O–H groups in total. The number of aromatic amines is 1. The number of rotatable bonds is 2. The van der Waals surface area contributed by atoms with Crippen LogP contribution >= 0.6 is 27.5 Å². The lowest BCUT2D eigenvalue weighted by Crippen LogP contribution is -2.03. The van der Waals surface area contributed by atoms with Gasteiger partial charge in [0.2, 0.25) is 0 Å². The molecular formula is C16H11BrClNO. The van der Waals surface area contributed by atoms with E-state index in [9.17, 15) is 4.79 Å². The van der Waals surface area contributed by atoms with Crippen LogP contribution in [0, 0.1) is 6.92 Å². The second-order valence-electron chi connectivity index (χ2n) is 4.61. The monoisotopic (exact) mass is 347 g/mol. The molecule has 20 heavy (non-hydrogen) atoms. The predicted molar refractivity (Wildman–Crippen MR) is 85.6 cm³/mol.